The first kappa shape index (κ1) is 12.8. The second-order valence-corrected chi connectivity index (χ2v) is 5.53. The van der Waals surface area contributed by atoms with Crippen molar-refractivity contribution in [2.75, 3.05) is 0 Å². The van der Waals surface area contributed by atoms with Gasteiger partial charge in [0.2, 0.25) is 0 Å². The van der Waals surface area contributed by atoms with Crippen LogP contribution >= 0.6 is 0 Å². The van der Waals surface area contributed by atoms with Gasteiger partial charge in [0.1, 0.15) is 0 Å². The second-order valence-electron chi connectivity index (χ2n) is 5.53. The molecule has 0 aliphatic heterocycles. The molecule has 4 aromatic heterocycles. The van der Waals surface area contributed by atoms with E-state index in [4.69, 9.17) is 0 Å². The summed E-state index contributed by atoms with van der Waals surface area (Å²) in [7, 11) is 0. The molecule has 0 spiro atoms. The van der Waals surface area contributed by atoms with Gasteiger partial charge in [-0.05, 0) is 48.5 Å². The summed E-state index contributed by atoms with van der Waals surface area (Å²) in [6, 6.07) is 16.7. The molecule has 4 N–H and O–H groups in total. The van der Waals surface area contributed by atoms with Gasteiger partial charge in [-0.3, -0.25) is 0 Å². The molecule has 0 aromatic carbocycles. The average Bonchev–Trinajstić information content (AvgIpc) is 3.36. The molecule has 4 rings (SSSR count). The number of aromatic nitrogens is 4. The summed E-state index contributed by atoms with van der Waals surface area (Å²) in [6.07, 6.45) is 8.74. The normalized spacial score (nSPS) is 11.8. The van der Waals surface area contributed by atoms with E-state index >= 15 is 0 Å². The van der Waals surface area contributed by atoms with Crippen molar-refractivity contribution in [3.63, 3.8) is 0 Å². The van der Waals surface area contributed by atoms with Crippen LogP contribution in [0.15, 0.2) is 73.3 Å². The first-order chi connectivity index (χ1) is 10.9. The van der Waals surface area contributed by atoms with E-state index in [-0.39, 0.29) is 5.41 Å². The highest BCUT2D eigenvalue weighted by atomic mass is 14.8. The molecule has 4 aromatic rings. The molecule has 0 saturated carbocycles. The molecule has 0 fully saturated rings. The van der Waals surface area contributed by atoms with Crippen molar-refractivity contribution >= 4 is 0 Å². The summed E-state index contributed by atoms with van der Waals surface area (Å²) >= 11 is 0. The maximum Gasteiger partial charge on any atom is 0.0954 e. The zero-order chi connectivity index (χ0) is 14.8. The van der Waals surface area contributed by atoms with Gasteiger partial charge in [0.05, 0.1) is 5.41 Å². The Kier molecular flexibility index (Phi) is 3.00. The average molecular weight is 290 g/mol. The number of nitrogens with one attached hydrogen (secondary N) is 4. The van der Waals surface area contributed by atoms with Gasteiger partial charge in [0, 0.05) is 54.0 Å². The van der Waals surface area contributed by atoms with Crippen molar-refractivity contribution in [1.82, 2.24) is 19.9 Å². The minimum absolute atomic E-state index is 0.304. The van der Waals surface area contributed by atoms with Gasteiger partial charge in [-0.25, -0.2) is 0 Å². The van der Waals surface area contributed by atoms with Crippen molar-refractivity contribution < 1.29 is 0 Å². The Balaban J connectivity index is 1.96. The molecular weight excluding hydrogens is 272 g/mol. The fourth-order valence-corrected chi connectivity index (χ4v) is 3.27. The Morgan fingerprint density at radius 3 is 1.41 bits per heavy atom. The van der Waals surface area contributed by atoms with E-state index in [9.17, 15) is 0 Å². The standard InChI is InChI=1S/C18H18N4/c1-5-14(19-9-1)13-18(15-6-2-10-20-15,16-7-3-11-21-16)17-8-4-12-22-17/h1-12,19-22H,13H2. The fourth-order valence-electron chi connectivity index (χ4n) is 3.27. The zero-order valence-electron chi connectivity index (χ0n) is 12.1. The van der Waals surface area contributed by atoms with E-state index in [1.165, 1.54) is 5.69 Å². The lowest BCUT2D eigenvalue weighted by Gasteiger charge is -2.31. The van der Waals surface area contributed by atoms with Crippen LogP contribution in [0.1, 0.15) is 22.8 Å². The van der Waals surface area contributed by atoms with Crippen LogP contribution in [0.4, 0.5) is 0 Å². The lowest BCUT2D eigenvalue weighted by Crippen LogP contribution is -2.33. The topological polar surface area (TPSA) is 63.2 Å². The molecule has 0 unspecified atom stereocenters. The van der Waals surface area contributed by atoms with Gasteiger partial charge in [-0.2, -0.15) is 0 Å². The predicted octanol–water partition coefficient (Wildman–Crippen LogP) is 3.58. The van der Waals surface area contributed by atoms with Gasteiger partial charge in [0.25, 0.3) is 0 Å². The van der Waals surface area contributed by atoms with Crippen LogP contribution in [0.5, 0.6) is 0 Å². The first-order valence-corrected chi connectivity index (χ1v) is 7.43. The maximum atomic E-state index is 3.41. The lowest BCUT2D eigenvalue weighted by molar-refractivity contribution is 0.559. The van der Waals surface area contributed by atoms with Crippen molar-refractivity contribution in [1.29, 1.82) is 0 Å². The summed E-state index contributed by atoms with van der Waals surface area (Å²) in [5, 5.41) is 0. The SMILES string of the molecule is c1c[nH]c(CC(c2ccc[nH]2)(c2ccc[nH]2)c2ccc[nH]2)c1. The summed E-state index contributed by atoms with van der Waals surface area (Å²) < 4.78 is 0. The highest BCUT2D eigenvalue weighted by Crippen LogP contribution is 2.39. The van der Waals surface area contributed by atoms with Gasteiger partial charge < -0.3 is 19.9 Å². The molecule has 22 heavy (non-hydrogen) atoms. The Morgan fingerprint density at radius 2 is 1.05 bits per heavy atom. The van der Waals surface area contributed by atoms with Crippen LogP contribution in [0.25, 0.3) is 0 Å². The van der Waals surface area contributed by atoms with Crippen LogP contribution in [0.3, 0.4) is 0 Å². The molecule has 0 bridgehead atoms. The summed E-state index contributed by atoms with van der Waals surface area (Å²) in [6.45, 7) is 0. The predicted molar refractivity (Wildman–Crippen MR) is 86.8 cm³/mol. The largest absolute Gasteiger partial charge is 0.365 e. The van der Waals surface area contributed by atoms with E-state index in [2.05, 4.69) is 44.2 Å². The summed E-state index contributed by atoms with van der Waals surface area (Å²) in [4.78, 5) is 13.6. The molecule has 110 valence electrons. The Hall–Kier alpha value is -2.88. The van der Waals surface area contributed by atoms with Gasteiger partial charge in [-0.1, -0.05) is 0 Å². The fraction of sp³-hybridized carbons (Fsp3) is 0.111. The summed E-state index contributed by atoms with van der Waals surface area (Å²) in [5.74, 6) is 0. The van der Waals surface area contributed by atoms with Crippen molar-refractivity contribution in [2.45, 2.75) is 11.8 Å². The van der Waals surface area contributed by atoms with Gasteiger partial charge in [-0.15, -0.1) is 0 Å². The van der Waals surface area contributed by atoms with Crippen LogP contribution in [-0.2, 0) is 11.8 Å². The molecule has 0 aliphatic rings. The molecule has 0 aliphatic carbocycles. The zero-order valence-corrected chi connectivity index (χ0v) is 12.1. The number of aromatic amines is 4. The van der Waals surface area contributed by atoms with Crippen LogP contribution in [0, 0.1) is 0 Å². The molecule has 0 amide bonds. The Morgan fingerprint density at radius 1 is 0.591 bits per heavy atom. The first-order valence-electron chi connectivity index (χ1n) is 7.43. The molecule has 4 heterocycles. The monoisotopic (exact) mass is 290 g/mol. The Labute approximate surface area is 128 Å². The van der Waals surface area contributed by atoms with Crippen LogP contribution in [-0.4, -0.2) is 19.9 Å². The van der Waals surface area contributed by atoms with Gasteiger partial charge in [0.15, 0.2) is 0 Å². The highest BCUT2D eigenvalue weighted by Gasteiger charge is 2.39. The minimum atomic E-state index is -0.304. The second kappa shape index (κ2) is 5.15. The Bertz CT molecular complexity index is 707. The van der Waals surface area contributed by atoms with Crippen LogP contribution < -0.4 is 0 Å². The van der Waals surface area contributed by atoms with Crippen molar-refractivity contribution in [3.8, 4) is 0 Å². The third-order valence-electron chi connectivity index (χ3n) is 4.29. The van der Waals surface area contributed by atoms with E-state index in [0.29, 0.717) is 0 Å². The van der Waals surface area contributed by atoms with Crippen LogP contribution in [0.2, 0.25) is 0 Å². The summed E-state index contributed by atoms with van der Waals surface area (Å²) in [5.41, 5.74) is 4.37. The quantitative estimate of drug-likeness (QED) is 0.434. The number of rotatable bonds is 5. The molecule has 4 nitrogen and oxygen atoms in total. The third-order valence-corrected chi connectivity index (χ3v) is 4.29. The number of hydrogen-bond donors (Lipinski definition) is 4. The molecule has 0 atom stereocenters. The van der Waals surface area contributed by atoms with Crippen molar-refractivity contribution in [3.05, 3.63) is 96.1 Å². The number of H-pyrrole nitrogens is 4. The maximum absolute atomic E-state index is 3.41. The lowest BCUT2D eigenvalue weighted by atomic mass is 9.74. The van der Waals surface area contributed by atoms with E-state index in [1.807, 2.05) is 49.1 Å². The molecule has 0 radical (unpaired) electrons. The van der Waals surface area contributed by atoms with E-state index in [1.54, 1.807) is 0 Å². The van der Waals surface area contributed by atoms with E-state index < -0.39 is 0 Å². The third kappa shape index (κ3) is 1.92. The smallest absolute Gasteiger partial charge is 0.0954 e. The molecule has 0 saturated heterocycles. The van der Waals surface area contributed by atoms with Crippen molar-refractivity contribution in [2.24, 2.45) is 0 Å². The highest BCUT2D eigenvalue weighted by molar-refractivity contribution is 5.44. The molecular formula is C18H18N4. The number of hydrogen-bond acceptors (Lipinski definition) is 0. The minimum Gasteiger partial charge on any atom is -0.365 e. The molecule has 4 heteroatoms. The van der Waals surface area contributed by atoms with Gasteiger partial charge >= 0.3 is 0 Å². The van der Waals surface area contributed by atoms with E-state index in [0.717, 1.165) is 23.5 Å².